The first-order valence-electron chi connectivity index (χ1n) is 8.74. The molecule has 1 saturated heterocycles. The van der Waals surface area contributed by atoms with Crippen molar-refractivity contribution in [2.24, 2.45) is 22.2 Å². The molecule has 2 aliphatic rings. The maximum atomic E-state index is 2.80. The van der Waals surface area contributed by atoms with Crippen LogP contribution in [0.25, 0.3) is 0 Å². The lowest BCUT2D eigenvalue weighted by Crippen LogP contribution is -2.52. The quantitative estimate of drug-likeness (QED) is 0.658. The molecule has 1 saturated carbocycles. The van der Waals surface area contributed by atoms with E-state index in [-0.39, 0.29) is 0 Å². The van der Waals surface area contributed by atoms with Crippen LogP contribution in [0.1, 0.15) is 80.6 Å². The van der Waals surface area contributed by atoms with Gasteiger partial charge < -0.3 is 4.90 Å². The Kier molecular flexibility index (Phi) is 4.33. The minimum Gasteiger partial charge on any atom is -0.300 e. The Morgan fingerprint density at radius 2 is 1.45 bits per heavy atom. The lowest BCUT2D eigenvalue weighted by Gasteiger charge is -2.52. The number of hydrogen-bond acceptors (Lipinski definition) is 1. The summed E-state index contributed by atoms with van der Waals surface area (Å²) in [6.45, 7) is 19.6. The second-order valence-corrected chi connectivity index (χ2v) is 10.1. The highest BCUT2D eigenvalue weighted by molar-refractivity contribution is 4.96. The van der Waals surface area contributed by atoms with Crippen molar-refractivity contribution in [3.63, 3.8) is 0 Å². The first kappa shape index (κ1) is 16.3. The molecular formula is C19H37N. The highest BCUT2D eigenvalue weighted by atomic mass is 15.2. The van der Waals surface area contributed by atoms with E-state index in [9.17, 15) is 0 Å². The third-order valence-electron chi connectivity index (χ3n) is 6.34. The monoisotopic (exact) mass is 279 g/mol. The SMILES string of the molecule is CC(C)(C)CC1CC(N2CCC(C)(C(C)(C)C)CC2)C1. The van der Waals surface area contributed by atoms with Crippen LogP contribution in [-0.2, 0) is 0 Å². The zero-order valence-corrected chi connectivity index (χ0v) is 15.1. The van der Waals surface area contributed by atoms with E-state index in [1.807, 2.05) is 0 Å². The number of nitrogens with zero attached hydrogens (tertiary/aromatic N) is 1. The molecule has 20 heavy (non-hydrogen) atoms. The van der Waals surface area contributed by atoms with Crippen molar-refractivity contribution in [2.75, 3.05) is 13.1 Å². The minimum atomic E-state index is 0.452. The predicted molar refractivity (Wildman–Crippen MR) is 89.0 cm³/mol. The third-order valence-corrected chi connectivity index (χ3v) is 6.34. The van der Waals surface area contributed by atoms with Gasteiger partial charge in [-0.3, -0.25) is 0 Å². The van der Waals surface area contributed by atoms with E-state index in [2.05, 4.69) is 53.4 Å². The van der Waals surface area contributed by atoms with Crippen molar-refractivity contribution in [1.82, 2.24) is 4.90 Å². The van der Waals surface area contributed by atoms with Gasteiger partial charge in [0.25, 0.3) is 0 Å². The van der Waals surface area contributed by atoms with E-state index < -0.39 is 0 Å². The van der Waals surface area contributed by atoms with Gasteiger partial charge >= 0.3 is 0 Å². The largest absolute Gasteiger partial charge is 0.300 e. The van der Waals surface area contributed by atoms with Gasteiger partial charge in [0.1, 0.15) is 0 Å². The molecule has 0 N–H and O–H groups in total. The molecule has 1 aliphatic carbocycles. The van der Waals surface area contributed by atoms with Crippen molar-refractivity contribution in [3.05, 3.63) is 0 Å². The summed E-state index contributed by atoms with van der Waals surface area (Å²) < 4.78 is 0. The molecule has 0 bridgehead atoms. The molecule has 0 radical (unpaired) electrons. The van der Waals surface area contributed by atoms with Gasteiger partial charge in [0, 0.05) is 6.04 Å². The highest BCUT2D eigenvalue weighted by Crippen LogP contribution is 2.48. The van der Waals surface area contributed by atoms with Crippen LogP contribution < -0.4 is 0 Å². The lowest BCUT2D eigenvalue weighted by molar-refractivity contribution is -0.0246. The second-order valence-electron chi connectivity index (χ2n) is 10.1. The molecule has 1 aliphatic heterocycles. The summed E-state index contributed by atoms with van der Waals surface area (Å²) in [6, 6.07) is 0.909. The molecule has 118 valence electrons. The summed E-state index contributed by atoms with van der Waals surface area (Å²) in [6.07, 6.45) is 7.11. The van der Waals surface area contributed by atoms with Gasteiger partial charge in [-0.2, -0.15) is 0 Å². The van der Waals surface area contributed by atoms with E-state index >= 15 is 0 Å². The van der Waals surface area contributed by atoms with Crippen molar-refractivity contribution in [2.45, 2.75) is 86.6 Å². The van der Waals surface area contributed by atoms with Crippen LogP contribution >= 0.6 is 0 Å². The van der Waals surface area contributed by atoms with Gasteiger partial charge in [-0.15, -0.1) is 0 Å². The summed E-state index contributed by atoms with van der Waals surface area (Å²) in [4.78, 5) is 2.80. The van der Waals surface area contributed by atoms with Gasteiger partial charge in [-0.1, -0.05) is 48.5 Å². The van der Waals surface area contributed by atoms with E-state index in [0.29, 0.717) is 16.2 Å². The van der Waals surface area contributed by atoms with Crippen molar-refractivity contribution >= 4 is 0 Å². The van der Waals surface area contributed by atoms with Crippen molar-refractivity contribution in [1.29, 1.82) is 0 Å². The Morgan fingerprint density at radius 3 is 1.85 bits per heavy atom. The Bertz CT molecular complexity index is 317. The normalized spacial score (nSPS) is 31.9. The average molecular weight is 280 g/mol. The van der Waals surface area contributed by atoms with Gasteiger partial charge in [0.2, 0.25) is 0 Å². The molecule has 1 heterocycles. The van der Waals surface area contributed by atoms with Crippen molar-refractivity contribution in [3.8, 4) is 0 Å². The molecule has 0 aromatic carbocycles. The number of rotatable bonds is 2. The zero-order chi connectivity index (χ0) is 15.2. The molecule has 0 spiro atoms. The van der Waals surface area contributed by atoms with Crippen LogP contribution in [-0.4, -0.2) is 24.0 Å². The Labute approximate surface area is 127 Å². The molecular weight excluding hydrogens is 242 g/mol. The summed E-state index contributed by atoms with van der Waals surface area (Å²) in [5, 5.41) is 0. The van der Waals surface area contributed by atoms with Crippen molar-refractivity contribution < 1.29 is 0 Å². The summed E-state index contributed by atoms with van der Waals surface area (Å²) in [5.74, 6) is 0.996. The average Bonchev–Trinajstić information content (AvgIpc) is 2.22. The zero-order valence-electron chi connectivity index (χ0n) is 15.1. The fraction of sp³-hybridized carbons (Fsp3) is 1.00. The fourth-order valence-corrected chi connectivity index (χ4v) is 4.16. The standard InChI is InChI=1S/C19H37N/c1-17(2,3)14-15-12-16(13-15)20-10-8-19(7,9-11-20)18(4,5)6/h15-16H,8-14H2,1-7H3. The highest BCUT2D eigenvalue weighted by Gasteiger charge is 2.43. The molecule has 0 amide bonds. The topological polar surface area (TPSA) is 3.24 Å². The molecule has 0 aromatic heterocycles. The smallest absolute Gasteiger partial charge is 0.0101 e. The van der Waals surface area contributed by atoms with E-state index in [1.165, 1.54) is 45.2 Å². The summed E-state index contributed by atoms with van der Waals surface area (Å²) in [5.41, 5.74) is 1.51. The molecule has 0 aromatic rings. The van der Waals surface area contributed by atoms with Crippen LogP contribution in [0.15, 0.2) is 0 Å². The summed E-state index contributed by atoms with van der Waals surface area (Å²) >= 11 is 0. The number of hydrogen-bond donors (Lipinski definition) is 0. The van der Waals surface area contributed by atoms with Crippen LogP contribution in [0, 0.1) is 22.2 Å². The lowest BCUT2D eigenvalue weighted by atomic mass is 9.62. The molecule has 0 unspecified atom stereocenters. The second kappa shape index (κ2) is 5.30. The fourth-order valence-electron chi connectivity index (χ4n) is 4.16. The molecule has 2 fully saturated rings. The molecule has 2 rings (SSSR count). The Hall–Kier alpha value is -0.0400. The first-order chi connectivity index (χ1) is 9.00. The summed E-state index contributed by atoms with van der Waals surface area (Å²) in [7, 11) is 0. The first-order valence-corrected chi connectivity index (χ1v) is 8.74. The number of likely N-dealkylation sites (tertiary alicyclic amines) is 1. The predicted octanol–water partition coefficient (Wildman–Crippen LogP) is 5.35. The molecule has 1 nitrogen and oxygen atoms in total. The third kappa shape index (κ3) is 3.59. The van der Waals surface area contributed by atoms with E-state index in [0.717, 1.165) is 12.0 Å². The van der Waals surface area contributed by atoms with Gasteiger partial charge in [-0.25, -0.2) is 0 Å². The van der Waals surface area contributed by atoms with Crippen LogP contribution in [0.5, 0.6) is 0 Å². The van der Waals surface area contributed by atoms with Crippen LogP contribution in [0.2, 0.25) is 0 Å². The maximum absolute atomic E-state index is 2.80. The van der Waals surface area contributed by atoms with Crippen LogP contribution in [0.4, 0.5) is 0 Å². The maximum Gasteiger partial charge on any atom is 0.0101 e. The van der Waals surface area contributed by atoms with Gasteiger partial charge in [-0.05, 0) is 67.4 Å². The molecule has 1 heteroatoms. The Morgan fingerprint density at radius 1 is 0.950 bits per heavy atom. The minimum absolute atomic E-state index is 0.452. The van der Waals surface area contributed by atoms with Gasteiger partial charge in [0.15, 0.2) is 0 Å². The number of piperidine rings is 1. The Balaban J connectivity index is 1.77. The van der Waals surface area contributed by atoms with Gasteiger partial charge in [0.05, 0.1) is 0 Å². The van der Waals surface area contributed by atoms with E-state index in [1.54, 1.807) is 0 Å². The van der Waals surface area contributed by atoms with E-state index in [4.69, 9.17) is 0 Å². The molecule has 0 atom stereocenters. The van der Waals surface area contributed by atoms with Crippen LogP contribution in [0.3, 0.4) is 0 Å².